The van der Waals surface area contributed by atoms with Crippen LogP contribution in [0.25, 0.3) is 6.08 Å². The van der Waals surface area contributed by atoms with Gasteiger partial charge in [0, 0.05) is 12.1 Å². The number of nitrogens with one attached hydrogen (secondary N) is 1. The number of benzene rings is 2. The topological polar surface area (TPSA) is 12.0 Å². The monoisotopic (exact) mass is 277 g/mol. The van der Waals surface area contributed by atoms with E-state index in [0.717, 1.165) is 6.42 Å². The molecule has 0 aliphatic heterocycles. The third-order valence-electron chi connectivity index (χ3n) is 3.50. The average Bonchev–Trinajstić information content (AvgIpc) is 2.54. The van der Waals surface area contributed by atoms with Crippen LogP contribution in [-0.2, 0) is 0 Å². The van der Waals surface area contributed by atoms with E-state index in [4.69, 9.17) is 0 Å². The summed E-state index contributed by atoms with van der Waals surface area (Å²) >= 11 is 0. The van der Waals surface area contributed by atoms with Gasteiger partial charge in [-0.05, 0) is 24.5 Å². The predicted octanol–water partition coefficient (Wildman–Crippen LogP) is 5.00. The molecule has 2 aromatic carbocycles. The maximum Gasteiger partial charge on any atom is 0.0297 e. The molecular formula is C20H23N. The van der Waals surface area contributed by atoms with Crippen molar-refractivity contribution in [3.63, 3.8) is 0 Å². The van der Waals surface area contributed by atoms with E-state index in [0.29, 0.717) is 6.04 Å². The minimum absolute atomic E-state index is 0.290. The molecule has 1 N–H and O–H groups in total. The lowest BCUT2D eigenvalue weighted by Crippen LogP contribution is -2.29. The van der Waals surface area contributed by atoms with Crippen LogP contribution in [0.3, 0.4) is 0 Å². The highest BCUT2D eigenvalue weighted by Gasteiger charge is 2.09. The molecule has 2 aromatic rings. The highest BCUT2D eigenvalue weighted by Crippen LogP contribution is 2.14. The maximum atomic E-state index is 3.86. The third-order valence-corrected chi connectivity index (χ3v) is 3.50. The molecular weight excluding hydrogens is 254 g/mol. The zero-order valence-corrected chi connectivity index (χ0v) is 12.6. The molecule has 21 heavy (non-hydrogen) atoms. The Bertz CT molecular complexity index is 557. The van der Waals surface area contributed by atoms with Crippen LogP contribution in [0.2, 0.25) is 0 Å². The molecule has 1 unspecified atom stereocenters. The summed E-state index contributed by atoms with van der Waals surface area (Å²) in [7, 11) is 0. The molecule has 0 heterocycles. The van der Waals surface area contributed by atoms with Crippen molar-refractivity contribution in [2.75, 3.05) is 0 Å². The van der Waals surface area contributed by atoms with E-state index >= 15 is 0 Å². The van der Waals surface area contributed by atoms with E-state index in [1.165, 1.54) is 11.1 Å². The molecule has 0 saturated heterocycles. The quantitative estimate of drug-likeness (QED) is 0.703. The van der Waals surface area contributed by atoms with Gasteiger partial charge >= 0.3 is 0 Å². The van der Waals surface area contributed by atoms with Crippen LogP contribution in [0.4, 0.5) is 0 Å². The number of hydrogen-bond acceptors (Lipinski definition) is 1. The molecule has 0 aliphatic carbocycles. The van der Waals surface area contributed by atoms with Crippen LogP contribution in [0, 0.1) is 0 Å². The Balaban J connectivity index is 2.02. The van der Waals surface area contributed by atoms with Crippen molar-refractivity contribution in [3.05, 3.63) is 90.5 Å². The summed E-state index contributed by atoms with van der Waals surface area (Å²) in [5, 5.41) is 3.65. The van der Waals surface area contributed by atoms with Crippen LogP contribution in [0.15, 0.2) is 79.4 Å². The van der Waals surface area contributed by atoms with Crippen molar-refractivity contribution in [3.8, 4) is 0 Å². The molecule has 0 bridgehead atoms. The Morgan fingerprint density at radius 3 is 2.24 bits per heavy atom. The van der Waals surface area contributed by atoms with Gasteiger partial charge in [0.05, 0.1) is 0 Å². The van der Waals surface area contributed by atoms with Gasteiger partial charge in [0.1, 0.15) is 0 Å². The number of hydrogen-bond donors (Lipinski definition) is 1. The van der Waals surface area contributed by atoms with E-state index in [9.17, 15) is 0 Å². The third kappa shape index (κ3) is 5.05. The molecule has 2 rings (SSSR count). The second kappa shape index (κ2) is 8.23. The van der Waals surface area contributed by atoms with Crippen molar-refractivity contribution in [2.45, 2.75) is 25.4 Å². The minimum Gasteiger partial charge on any atom is -0.304 e. The molecule has 0 radical (unpaired) electrons. The fourth-order valence-corrected chi connectivity index (χ4v) is 2.33. The van der Waals surface area contributed by atoms with E-state index in [2.05, 4.69) is 79.5 Å². The molecule has 108 valence electrons. The Morgan fingerprint density at radius 1 is 1.00 bits per heavy atom. The second-order valence-electron chi connectivity index (χ2n) is 5.20. The van der Waals surface area contributed by atoms with Gasteiger partial charge in [0.15, 0.2) is 0 Å². The summed E-state index contributed by atoms with van der Waals surface area (Å²) in [5.41, 5.74) is 2.53. The summed E-state index contributed by atoms with van der Waals surface area (Å²) in [6, 6.07) is 21.5. The smallest absolute Gasteiger partial charge is 0.0297 e. The van der Waals surface area contributed by atoms with Crippen LogP contribution in [0.5, 0.6) is 0 Å². The van der Waals surface area contributed by atoms with Gasteiger partial charge in [-0.3, -0.25) is 0 Å². The maximum absolute atomic E-state index is 3.86. The van der Waals surface area contributed by atoms with Crippen molar-refractivity contribution in [1.82, 2.24) is 5.32 Å². The van der Waals surface area contributed by atoms with E-state index < -0.39 is 0 Å². The Hall–Kier alpha value is -2.12. The van der Waals surface area contributed by atoms with E-state index in [1.54, 1.807) is 0 Å². The summed E-state index contributed by atoms with van der Waals surface area (Å²) in [6.07, 6.45) is 7.26. The van der Waals surface area contributed by atoms with Crippen LogP contribution >= 0.6 is 0 Å². The first-order valence-electron chi connectivity index (χ1n) is 7.44. The lowest BCUT2D eigenvalue weighted by molar-refractivity contribution is 0.515. The second-order valence-corrected chi connectivity index (χ2v) is 5.20. The van der Waals surface area contributed by atoms with Gasteiger partial charge in [0.25, 0.3) is 0 Å². The molecule has 1 heteroatoms. The fourth-order valence-electron chi connectivity index (χ4n) is 2.33. The Kier molecular flexibility index (Phi) is 5.99. The summed E-state index contributed by atoms with van der Waals surface area (Å²) in [6.45, 7) is 6.06. The number of rotatable bonds is 7. The van der Waals surface area contributed by atoms with Gasteiger partial charge in [0.2, 0.25) is 0 Å². The molecule has 0 aromatic heterocycles. The summed E-state index contributed by atoms with van der Waals surface area (Å²) in [4.78, 5) is 0. The molecule has 2 atom stereocenters. The van der Waals surface area contributed by atoms with Gasteiger partial charge in [-0.15, -0.1) is 6.58 Å². The van der Waals surface area contributed by atoms with Crippen molar-refractivity contribution < 1.29 is 0 Å². The average molecular weight is 277 g/mol. The fraction of sp³-hybridized carbons (Fsp3) is 0.200. The Morgan fingerprint density at radius 2 is 1.62 bits per heavy atom. The zero-order valence-electron chi connectivity index (χ0n) is 12.6. The van der Waals surface area contributed by atoms with Crippen molar-refractivity contribution >= 4 is 6.08 Å². The summed E-state index contributed by atoms with van der Waals surface area (Å²) < 4.78 is 0. The highest BCUT2D eigenvalue weighted by molar-refractivity contribution is 5.49. The summed E-state index contributed by atoms with van der Waals surface area (Å²) in [5.74, 6) is 0. The van der Waals surface area contributed by atoms with Crippen LogP contribution < -0.4 is 5.32 Å². The predicted molar refractivity (Wildman–Crippen MR) is 92.1 cm³/mol. The van der Waals surface area contributed by atoms with E-state index in [1.807, 2.05) is 18.2 Å². The first-order valence-corrected chi connectivity index (χ1v) is 7.44. The SMILES string of the molecule is C=CCC(/C=C/c1ccccc1)N[C@@H](C)c1ccccc1. The molecule has 0 spiro atoms. The molecule has 0 fully saturated rings. The first kappa shape index (κ1) is 15.3. The van der Waals surface area contributed by atoms with Gasteiger partial charge in [-0.1, -0.05) is 78.9 Å². The highest BCUT2D eigenvalue weighted by atomic mass is 14.9. The van der Waals surface area contributed by atoms with Crippen molar-refractivity contribution in [1.29, 1.82) is 0 Å². The first-order chi connectivity index (χ1) is 10.3. The molecule has 0 amide bonds. The standard InChI is InChI=1S/C20H23N/c1-3-10-20(16-15-18-11-6-4-7-12-18)21-17(2)19-13-8-5-9-14-19/h3-9,11-17,20-21H,1,10H2,2H3/b16-15+/t17-,20?/m0/s1. The zero-order chi connectivity index (χ0) is 14.9. The molecule has 0 saturated carbocycles. The van der Waals surface area contributed by atoms with Crippen LogP contribution in [0.1, 0.15) is 30.5 Å². The normalized spacial score (nSPS) is 14.0. The van der Waals surface area contributed by atoms with Crippen molar-refractivity contribution in [2.24, 2.45) is 0 Å². The molecule has 1 nitrogen and oxygen atoms in total. The Labute approximate surface area is 128 Å². The lowest BCUT2D eigenvalue weighted by Gasteiger charge is -2.20. The van der Waals surface area contributed by atoms with Gasteiger partial charge < -0.3 is 5.32 Å². The van der Waals surface area contributed by atoms with Crippen LogP contribution in [-0.4, -0.2) is 6.04 Å². The van der Waals surface area contributed by atoms with Gasteiger partial charge in [-0.2, -0.15) is 0 Å². The van der Waals surface area contributed by atoms with Gasteiger partial charge in [-0.25, -0.2) is 0 Å². The van der Waals surface area contributed by atoms with E-state index in [-0.39, 0.29) is 6.04 Å². The largest absolute Gasteiger partial charge is 0.304 e. The minimum atomic E-state index is 0.290. The lowest BCUT2D eigenvalue weighted by atomic mass is 10.1. The molecule has 0 aliphatic rings.